The number of alkyl halides is 6. The number of fused-ring (bicyclic) bond motifs is 1. The monoisotopic (exact) mass is 516 g/mol. The number of imidazole rings is 1. The first-order valence-corrected chi connectivity index (χ1v) is 10.4. The van der Waals surface area contributed by atoms with Crippen LogP contribution in [0, 0.1) is 0 Å². The van der Waals surface area contributed by atoms with E-state index in [2.05, 4.69) is 15.0 Å². The van der Waals surface area contributed by atoms with Crippen LogP contribution in [0.4, 0.5) is 26.3 Å². The minimum Gasteiger partial charge on any atom is -0.391 e. The lowest BCUT2D eigenvalue weighted by molar-refractivity contribution is -0.342. The number of ether oxygens (including phenoxy) is 1. The topological polar surface area (TPSA) is 119 Å². The first-order valence-electron chi connectivity index (χ1n) is 10.4. The van der Waals surface area contributed by atoms with Crippen molar-refractivity contribution in [2.75, 3.05) is 0 Å². The molecule has 0 bridgehead atoms. The Labute approximate surface area is 198 Å². The summed E-state index contributed by atoms with van der Waals surface area (Å²) in [6, 6.07) is 4.14. The van der Waals surface area contributed by atoms with Crippen LogP contribution in [0.25, 0.3) is 16.6 Å². The highest BCUT2D eigenvalue weighted by atomic mass is 19.4. The van der Waals surface area contributed by atoms with Crippen LogP contribution in [0.3, 0.4) is 0 Å². The summed E-state index contributed by atoms with van der Waals surface area (Å²) in [4.78, 5) is 28.0. The van der Waals surface area contributed by atoms with Crippen molar-refractivity contribution in [1.82, 2.24) is 14.7 Å². The lowest BCUT2D eigenvalue weighted by Crippen LogP contribution is -2.40. The molecule has 36 heavy (non-hydrogen) atoms. The molecule has 1 aromatic carbocycles. The van der Waals surface area contributed by atoms with Crippen molar-refractivity contribution in [3.05, 3.63) is 59.7 Å². The quantitative estimate of drug-likeness (QED) is 0.450. The number of halogens is 6. The number of pyridine rings is 1. The third kappa shape index (κ3) is 5.28. The molecule has 8 nitrogen and oxygen atoms in total. The molecule has 4 rings (SSSR count). The van der Waals surface area contributed by atoms with Crippen molar-refractivity contribution in [3.63, 3.8) is 0 Å². The average molecular weight is 516 g/mol. The van der Waals surface area contributed by atoms with E-state index in [1.807, 2.05) is 0 Å². The zero-order valence-electron chi connectivity index (χ0n) is 18.1. The van der Waals surface area contributed by atoms with E-state index in [9.17, 15) is 41.0 Å². The highest BCUT2D eigenvalue weighted by Crippen LogP contribution is 2.38. The molecular weight excluding hydrogens is 498 g/mol. The second kappa shape index (κ2) is 9.09. The first-order chi connectivity index (χ1) is 16.7. The Morgan fingerprint density at radius 3 is 2.47 bits per heavy atom. The highest BCUT2D eigenvalue weighted by molar-refractivity contribution is 5.96. The van der Waals surface area contributed by atoms with Gasteiger partial charge in [-0.3, -0.25) is 18.7 Å². The number of primary amides is 1. The van der Waals surface area contributed by atoms with Crippen LogP contribution in [-0.2, 0) is 10.9 Å². The third-order valence-electron chi connectivity index (χ3n) is 5.75. The van der Waals surface area contributed by atoms with E-state index in [0.29, 0.717) is 6.07 Å². The number of nitrogens with two attached hydrogens (primary N) is 1. The van der Waals surface area contributed by atoms with Gasteiger partial charge in [-0.05, 0) is 47.9 Å². The Kier molecular flexibility index (Phi) is 6.43. The molecular formula is C22H18F6N4O4. The summed E-state index contributed by atoms with van der Waals surface area (Å²) in [5.41, 5.74) is 3.94. The van der Waals surface area contributed by atoms with Gasteiger partial charge in [0.2, 0.25) is 5.82 Å². The molecule has 192 valence electrons. The predicted molar refractivity (Wildman–Crippen MR) is 112 cm³/mol. The van der Waals surface area contributed by atoms with Crippen molar-refractivity contribution >= 4 is 17.3 Å². The maximum absolute atomic E-state index is 13.7. The first kappa shape index (κ1) is 25.4. The molecule has 0 unspecified atom stereocenters. The van der Waals surface area contributed by atoms with Crippen LogP contribution in [0.1, 0.15) is 39.4 Å². The standard InChI is InChI=1S/C22H18F6N4O4/c23-21(24,25)15-2-1-11(20(35)31-16-7-13(8-17(16)33)36-22(26,27)28)6-14(15)10-3-4-32-12(5-10)9-30-19(32)18(29)34/h1-6,9,13,16-17,33H,7-8H2,(H2,29,34)(H,31,35)/t13-,16-,17-/m0/s1. The van der Waals surface area contributed by atoms with Gasteiger partial charge in [-0.1, -0.05) is 0 Å². The molecule has 1 aliphatic rings. The number of carbonyl (C=O) groups excluding carboxylic acids is 2. The Morgan fingerprint density at radius 1 is 1.11 bits per heavy atom. The van der Waals surface area contributed by atoms with Gasteiger partial charge >= 0.3 is 12.5 Å². The molecule has 1 aliphatic carbocycles. The second-order valence-electron chi connectivity index (χ2n) is 8.22. The Balaban J connectivity index is 1.64. The summed E-state index contributed by atoms with van der Waals surface area (Å²) in [5, 5.41) is 12.4. The number of aliphatic hydroxyl groups excluding tert-OH is 1. The van der Waals surface area contributed by atoms with Gasteiger partial charge < -0.3 is 16.2 Å². The van der Waals surface area contributed by atoms with Crippen molar-refractivity contribution in [2.45, 2.75) is 43.6 Å². The molecule has 2 heterocycles. The number of amides is 2. The van der Waals surface area contributed by atoms with Crippen LogP contribution >= 0.6 is 0 Å². The number of nitrogens with zero attached hydrogens (tertiary/aromatic N) is 2. The Bertz CT molecular complexity index is 1320. The van der Waals surface area contributed by atoms with Crippen LogP contribution in [-0.4, -0.2) is 50.9 Å². The number of aromatic nitrogens is 2. The maximum atomic E-state index is 13.7. The summed E-state index contributed by atoms with van der Waals surface area (Å²) >= 11 is 0. The van der Waals surface area contributed by atoms with Gasteiger partial charge in [0.05, 0.1) is 35.5 Å². The summed E-state index contributed by atoms with van der Waals surface area (Å²) in [5.74, 6) is -1.85. The number of aliphatic hydroxyl groups is 1. The fourth-order valence-corrected chi connectivity index (χ4v) is 4.18. The maximum Gasteiger partial charge on any atom is 0.522 e. The second-order valence-corrected chi connectivity index (χ2v) is 8.22. The predicted octanol–water partition coefficient (Wildman–Crippen LogP) is 3.28. The normalized spacial score (nSPS) is 20.6. The molecule has 3 atom stereocenters. The molecule has 1 fully saturated rings. The number of carbonyl (C=O) groups is 2. The molecule has 3 aromatic rings. The molecule has 4 N–H and O–H groups in total. The summed E-state index contributed by atoms with van der Waals surface area (Å²) < 4.78 is 83.7. The minimum atomic E-state index is -4.92. The number of hydrogen-bond acceptors (Lipinski definition) is 5. The van der Waals surface area contributed by atoms with Crippen LogP contribution in [0.2, 0.25) is 0 Å². The molecule has 1 saturated carbocycles. The van der Waals surface area contributed by atoms with Crippen LogP contribution < -0.4 is 11.1 Å². The van der Waals surface area contributed by atoms with Crippen LogP contribution in [0.5, 0.6) is 0 Å². The fraction of sp³-hybridized carbons (Fsp3) is 0.318. The molecule has 0 saturated heterocycles. The van der Waals surface area contributed by atoms with E-state index >= 15 is 0 Å². The zero-order valence-corrected chi connectivity index (χ0v) is 18.1. The molecule has 0 spiro atoms. The van der Waals surface area contributed by atoms with Gasteiger partial charge in [0, 0.05) is 18.2 Å². The number of nitrogens with one attached hydrogen (secondary N) is 1. The Hall–Kier alpha value is -3.65. The van der Waals surface area contributed by atoms with E-state index in [1.54, 1.807) is 0 Å². The molecule has 2 aromatic heterocycles. The fourth-order valence-electron chi connectivity index (χ4n) is 4.18. The van der Waals surface area contributed by atoms with Crippen LogP contribution in [0.15, 0.2) is 42.7 Å². The van der Waals surface area contributed by atoms with E-state index in [-0.39, 0.29) is 40.9 Å². The SMILES string of the molecule is NC(=O)c1ncc2cc(-c3cc(C(=O)N[C@H]4C[C@H](OC(F)(F)F)C[C@@H]4O)ccc3C(F)(F)F)ccn12. The smallest absolute Gasteiger partial charge is 0.391 e. The number of rotatable bonds is 5. The summed E-state index contributed by atoms with van der Waals surface area (Å²) in [7, 11) is 0. The van der Waals surface area contributed by atoms with Gasteiger partial charge in [0.1, 0.15) is 0 Å². The highest BCUT2D eigenvalue weighted by Gasteiger charge is 2.42. The number of hydrogen-bond donors (Lipinski definition) is 3. The van der Waals surface area contributed by atoms with Crippen molar-refractivity contribution in [1.29, 1.82) is 0 Å². The van der Waals surface area contributed by atoms with Crippen molar-refractivity contribution < 1.29 is 45.8 Å². The van der Waals surface area contributed by atoms with Crippen molar-refractivity contribution in [2.24, 2.45) is 5.73 Å². The average Bonchev–Trinajstić information content (AvgIpc) is 3.34. The van der Waals surface area contributed by atoms with E-state index in [1.165, 1.54) is 28.9 Å². The van der Waals surface area contributed by atoms with Gasteiger partial charge in [-0.15, -0.1) is 13.2 Å². The van der Waals surface area contributed by atoms with Gasteiger partial charge in [0.25, 0.3) is 11.8 Å². The molecule has 2 amide bonds. The third-order valence-corrected chi connectivity index (χ3v) is 5.75. The van der Waals surface area contributed by atoms with Gasteiger partial charge in [0.15, 0.2) is 0 Å². The minimum absolute atomic E-state index is 0.0555. The lowest BCUT2D eigenvalue weighted by Gasteiger charge is -2.18. The lowest BCUT2D eigenvalue weighted by atomic mass is 9.96. The zero-order chi connectivity index (χ0) is 26.4. The van der Waals surface area contributed by atoms with Gasteiger partial charge in [-0.2, -0.15) is 13.2 Å². The van der Waals surface area contributed by atoms with E-state index < -0.39 is 48.2 Å². The Morgan fingerprint density at radius 2 is 1.83 bits per heavy atom. The molecule has 0 radical (unpaired) electrons. The number of benzene rings is 1. The van der Waals surface area contributed by atoms with Gasteiger partial charge in [-0.25, -0.2) is 4.98 Å². The summed E-state index contributed by atoms with van der Waals surface area (Å²) in [6.07, 6.45) is -10.6. The largest absolute Gasteiger partial charge is 0.522 e. The van der Waals surface area contributed by atoms with E-state index in [0.717, 1.165) is 12.1 Å². The molecule has 14 heteroatoms. The molecule has 0 aliphatic heterocycles. The van der Waals surface area contributed by atoms with E-state index in [4.69, 9.17) is 5.73 Å². The summed E-state index contributed by atoms with van der Waals surface area (Å²) in [6.45, 7) is 0. The van der Waals surface area contributed by atoms with Crippen molar-refractivity contribution in [3.8, 4) is 11.1 Å².